The Morgan fingerprint density at radius 1 is 1.37 bits per heavy atom. The topological polar surface area (TPSA) is 78.4 Å². The molecule has 0 aliphatic heterocycles. The minimum absolute atomic E-state index is 0.176. The number of urea groups is 1. The zero-order chi connectivity index (χ0) is 14.5. The second kappa shape index (κ2) is 6.93. The van der Waals surface area contributed by atoms with E-state index < -0.39 is 11.4 Å². The molecule has 1 rings (SSSR count). The highest BCUT2D eigenvalue weighted by molar-refractivity contribution is 9.11. The van der Waals surface area contributed by atoms with Crippen LogP contribution in [-0.2, 0) is 4.79 Å². The van der Waals surface area contributed by atoms with Crippen LogP contribution >= 0.6 is 15.9 Å². The van der Waals surface area contributed by atoms with Gasteiger partial charge < -0.3 is 15.7 Å². The van der Waals surface area contributed by atoms with Crippen molar-refractivity contribution in [3.05, 3.63) is 11.1 Å². The van der Waals surface area contributed by atoms with Crippen molar-refractivity contribution in [1.29, 1.82) is 0 Å². The number of hydrogen-bond donors (Lipinski definition) is 3. The first-order valence-electron chi connectivity index (χ1n) is 6.44. The quantitative estimate of drug-likeness (QED) is 0.723. The summed E-state index contributed by atoms with van der Waals surface area (Å²) >= 11 is 3.14. The van der Waals surface area contributed by atoms with Crippen LogP contribution in [0.4, 0.5) is 4.79 Å². The second-order valence-electron chi connectivity index (χ2n) is 5.32. The molecule has 108 valence electrons. The predicted octanol–water partition coefficient (Wildman–Crippen LogP) is 2.48. The number of carboxylic acids is 1. The smallest absolute Gasteiger partial charge is 0.315 e. The van der Waals surface area contributed by atoms with Crippen LogP contribution in [0.1, 0.15) is 32.6 Å². The number of carbonyl (C=O) groups is 2. The average molecular weight is 333 g/mol. The molecule has 0 aromatic heterocycles. The lowest BCUT2D eigenvalue weighted by molar-refractivity contribution is -0.151. The van der Waals surface area contributed by atoms with Crippen molar-refractivity contribution in [1.82, 2.24) is 10.6 Å². The first-order valence-corrected chi connectivity index (χ1v) is 7.23. The molecule has 6 heteroatoms. The van der Waals surface area contributed by atoms with Gasteiger partial charge in [-0.2, -0.15) is 0 Å². The largest absolute Gasteiger partial charge is 0.481 e. The van der Waals surface area contributed by atoms with E-state index in [1.807, 2.05) is 0 Å². The van der Waals surface area contributed by atoms with E-state index in [2.05, 4.69) is 40.1 Å². The van der Waals surface area contributed by atoms with Crippen LogP contribution < -0.4 is 10.6 Å². The van der Waals surface area contributed by atoms with E-state index in [9.17, 15) is 14.7 Å². The molecule has 19 heavy (non-hydrogen) atoms. The molecule has 0 spiro atoms. The van der Waals surface area contributed by atoms with Gasteiger partial charge in [0, 0.05) is 11.0 Å². The molecule has 1 saturated carbocycles. The van der Waals surface area contributed by atoms with Crippen LogP contribution in [0.2, 0.25) is 0 Å². The molecule has 0 saturated heterocycles. The van der Waals surface area contributed by atoms with E-state index in [-0.39, 0.29) is 12.6 Å². The van der Waals surface area contributed by atoms with Gasteiger partial charge in [-0.25, -0.2) is 4.79 Å². The SMILES string of the molecule is C=C(Br)CNC(=O)NCC1(C(=O)O)CCC(C)CC1. The van der Waals surface area contributed by atoms with Crippen molar-refractivity contribution < 1.29 is 14.7 Å². The molecule has 0 aromatic carbocycles. The van der Waals surface area contributed by atoms with Crippen LogP contribution in [0.15, 0.2) is 11.1 Å². The summed E-state index contributed by atoms with van der Waals surface area (Å²) in [6.45, 7) is 6.24. The maximum absolute atomic E-state index is 11.5. The highest BCUT2D eigenvalue weighted by Crippen LogP contribution is 2.38. The number of aliphatic carboxylic acids is 1. The minimum atomic E-state index is -0.815. The number of rotatable bonds is 5. The Bertz CT molecular complexity index is 363. The van der Waals surface area contributed by atoms with Crippen LogP contribution in [0.5, 0.6) is 0 Å². The summed E-state index contributed by atoms with van der Waals surface area (Å²) in [6.07, 6.45) is 3.03. The molecule has 3 N–H and O–H groups in total. The van der Waals surface area contributed by atoms with Crippen LogP contribution in [0.3, 0.4) is 0 Å². The Morgan fingerprint density at radius 3 is 2.42 bits per heavy atom. The van der Waals surface area contributed by atoms with E-state index in [1.54, 1.807) is 0 Å². The van der Waals surface area contributed by atoms with E-state index in [4.69, 9.17) is 0 Å². The van der Waals surface area contributed by atoms with Gasteiger partial charge in [-0.15, -0.1) is 0 Å². The zero-order valence-corrected chi connectivity index (χ0v) is 12.8. The molecular weight excluding hydrogens is 312 g/mol. The van der Waals surface area contributed by atoms with Crippen molar-refractivity contribution in [3.63, 3.8) is 0 Å². The fourth-order valence-electron chi connectivity index (χ4n) is 2.27. The Balaban J connectivity index is 2.49. The zero-order valence-electron chi connectivity index (χ0n) is 11.2. The van der Waals surface area contributed by atoms with Gasteiger partial charge in [0.05, 0.1) is 12.0 Å². The normalized spacial score (nSPS) is 26.5. The first kappa shape index (κ1) is 16.0. The summed E-state index contributed by atoms with van der Waals surface area (Å²) < 4.78 is 0.669. The number of carbonyl (C=O) groups excluding carboxylic acids is 1. The maximum Gasteiger partial charge on any atom is 0.315 e. The summed E-state index contributed by atoms with van der Waals surface area (Å²) in [5.41, 5.74) is -0.810. The van der Waals surface area contributed by atoms with E-state index in [0.717, 1.165) is 12.8 Å². The van der Waals surface area contributed by atoms with E-state index >= 15 is 0 Å². The third-order valence-corrected chi connectivity index (χ3v) is 3.99. The third kappa shape index (κ3) is 4.86. The molecule has 0 atom stereocenters. The summed E-state index contributed by atoms with van der Waals surface area (Å²) in [7, 11) is 0. The van der Waals surface area contributed by atoms with Gasteiger partial charge in [0.1, 0.15) is 0 Å². The fraction of sp³-hybridized carbons (Fsp3) is 0.692. The Kier molecular flexibility index (Phi) is 5.85. The Labute approximate surface area is 122 Å². The fourth-order valence-corrected chi connectivity index (χ4v) is 2.41. The van der Waals surface area contributed by atoms with E-state index in [1.165, 1.54) is 0 Å². The van der Waals surface area contributed by atoms with Gasteiger partial charge >= 0.3 is 12.0 Å². The lowest BCUT2D eigenvalue weighted by atomic mass is 9.71. The average Bonchev–Trinajstić information content (AvgIpc) is 2.35. The molecule has 0 radical (unpaired) electrons. The summed E-state index contributed by atoms with van der Waals surface area (Å²) in [4.78, 5) is 23.0. The van der Waals surface area contributed by atoms with Gasteiger partial charge in [0.15, 0.2) is 0 Å². The lowest BCUT2D eigenvalue weighted by Gasteiger charge is -2.35. The van der Waals surface area contributed by atoms with Crippen molar-refractivity contribution in [3.8, 4) is 0 Å². The van der Waals surface area contributed by atoms with Crippen LogP contribution in [0, 0.1) is 11.3 Å². The number of amides is 2. The van der Waals surface area contributed by atoms with Crippen molar-refractivity contribution in [2.24, 2.45) is 11.3 Å². The van der Waals surface area contributed by atoms with Crippen molar-refractivity contribution in [2.75, 3.05) is 13.1 Å². The number of halogens is 1. The third-order valence-electron chi connectivity index (χ3n) is 3.71. The Hall–Kier alpha value is -1.04. The number of nitrogens with one attached hydrogen (secondary N) is 2. The summed E-state index contributed by atoms with van der Waals surface area (Å²) in [6, 6.07) is -0.361. The highest BCUT2D eigenvalue weighted by atomic mass is 79.9. The molecule has 1 fully saturated rings. The standard InChI is InChI=1S/C13H21BrN2O3/c1-9-3-5-13(6-4-9,11(17)18)8-16-12(19)15-7-10(2)14/h9H,2-8H2,1H3,(H,17,18)(H2,15,16,19). The lowest BCUT2D eigenvalue weighted by Crippen LogP contribution is -2.47. The monoisotopic (exact) mass is 332 g/mol. The maximum atomic E-state index is 11.5. The predicted molar refractivity (Wildman–Crippen MR) is 77.2 cm³/mol. The van der Waals surface area contributed by atoms with Gasteiger partial charge in [-0.05, 0) is 31.6 Å². The first-order chi connectivity index (χ1) is 8.85. The molecule has 2 amide bonds. The van der Waals surface area contributed by atoms with Crippen LogP contribution in [-0.4, -0.2) is 30.2 Å². The van der Waals surface area contributed by atoms with Gasteiger partial charge in [0.2, 0.25) is 0 Å². The number of carboxylic acid groups (broad SMARTS) is 1. The molecule has 0 aromatic rings. The van der Waals surface area contributed by atoms with Gasteiger partial charge in [-0.3, -0.25) is 4.79 Å². The number of hydrogen-bond acceptors (Lipinski definition) is 2. The molecule has 0 bridgehead atoms. The van der Waals surface area contributed by atoms with E-state index in [0.29, 0.717) is 29.8 Å². The Morgan fingerprint density at radius 2 is 1.95 bits per heavy atom. The van der Waals surface area contributed by atoms with Gasteiger partial charge in [-0.1, -0.05) is 29.4 Å². The second-order valence-corrected chi connectivity index (χ2v) is 6.44. The van der Waals surface area contributed by atoms with Crippen LogP contribution in [0.25, 0.3) is 0 Å². The summed E-state index contributed by atoms with van der Waals surface area (Å²) in [5.74, 6) is -0.248. The van der Waals surface area contributed by atoms with Crippen molar-refractivity contribution in [2.45, 2.75) is 32.6 Å². The summed E-state index contributed by atoms with van der Waals surface area (Å²) in [5, 5.41) is 14.7. The molecular formula is C13H21BrN2O3. The molecule has 1 aliphatic rings. The molecule has 5 nitrogen and oxygen atoms in total. The highest BCUT2D eigenvalue weighted by Gasteiger charge is 2.41. The van der Waals surface area contributed by atoms with Gasteiger partial charge in [0.25, 0.3) is 0 Å². The minimum Gasteiger partial charge on any atom is -0.481 e. The molecule has 1 aliphatic carbocycles. The molecule has 0 heterocycles. The molecule has 0 unspecified atom stereocenters. The van der Waals surface area contributed by atoms with Crippen molar-refractivity contribution >= 4 is 27.9 Å².